The molecule has 0 fully saturated rings. The summed E-state index contributed by atoms with van der Waals surface area (Å²) in [4.78, 5) is 5.82. The fraction of sp³-hybridized carbons (Fsp3) is 0.533. The summed E-state index contributed by atoms with van der Waals surface area (Å²) in [6, 6.07) is 2.26. The van der Waals surface area contributed by atoms with Crippen molar-refractivity contribution in [3.8, 4) is 0 Å². The zero-order chi connectivity index (χ0) is 13.7. The average molecular weight is 281 g/mol. The van der Waals surface area contributed by atoms with Crippen LogP contribution in [0.25, 0.3) is 0 Å². The van der Waals surface area contributed by atoms with Crippen molar-refractivity contribution in [3.63, 3.8) is 0 Å². The van der Waals surface area contributed by atoms with Crippen LogP contribution in [0.5, 0.6) is 0 Å². The normalized spacial score (nSPS) is 10.7. The molecule has 3 heteroatoms. The van der Waals surface area contributed by atoms with E-state index in [-0.39, 0.29) is 0 Å². The zero-order valence-electron chi connectivity index (χ0n) is 12.2. The highest BCUT2D eigenvalue weighted by molar-refractivity contribution is 7.10. The van der Waals surface area contributed by atoms with Gasteiger partial charge in [-0.15, -0.1) is 22.7 Å². The van der Waals surface area contributed by atoms with E-state index in [0.717, 1.165) is 0 Å². The van der Waals surface area contributed by atoms with Crippen molar-refractivity contribution < 1.29 is 0 Å². The van der Waals surface area contributed by atoms with E-state index in [9.17, 15) is 0 Å². The first-order valence-electron chi connectivity index (χ1n) is 6.37. The molecule has 0 unspecified atom stereocenters. The van der Waals surface area contributed by atoms with Crippen molar-refractivity contribution in [2.24, 2.45) is 0 Å². The highest BCUT2D eigenvalue weighted by Crippen LogP contribution is 2.22. The zero-order valence-corrected chi connectivity index (χ0v) is 13.8. The number of aryl methyl sites for hydroxylation is 2. The third-order valence-electron chi connectivity index (χ3n) is 2.55. The predicted octanol–water partition coefficient (Wildman–Crippen LogP) is 5.75. The Hall–Kier alpha value is -0.670. The second-order valence-electron chi connectivity index (χ2n) is 5.13. The van der Waals surface area contributed by atoms with Crippen LogP contribution in [0, 0.1) is 13.8 Å². The molecule has 0 saturated carbocycles. The Bertz CT molecular complexity index is 422. The van der Waals surface area contributed by atoms with Gasteiger partial charge in [-0.05, 0) is 42.7 Å². The molecule has 0 aliphatic heterocycles. The highest BCUT2D eigenvalue weighted by Gasteiger charge is 2.01. The number of thiazole rings is 1. The molecule has 18 heavy (non-hydrogen) atoms. The van der Waals surface area contributed by atoms with Gasteiger partial charge in [0, 0.05) is 10.3 Å². The molecule has 2 rings (SSSR count). The fourth-order valence-electron chi connectivity index (χ4n) is 1.40. The molecule has 0 amide bonds. The summed E-state index contributed by atoms with van der Waals surface area (Å²) < 4.78 is 0. The molecule has 0 aliphatic rings. The Morgan fingerprint density at radius 3 is 1.83 bits per heavy atom. The molecule has 2 heterocycles. The van der Waals surface area contributed by atoms with E-state index in [1.165, 1.54) is 21.1 Å². The van der Waals surface area contributed by atoms with E-state index < -0.39 is 0 Å². The summed E-state index contributed by atoms with van der Waals surface area (Å²) in [7, 11) is 0. The first-order valence-corrected chi connectivity index (χ1v) is 8.13. The average Bonchev–Trinajstić information content (AvgIpc) is 2.88. The molecule has 2 aromatic heterocycles. The first-order chi connectivity index (χ1) is 8.40. The lowest BCUT2D eigenvalue weighted by atomic mass is 10.2. The van der Waals surface area contributed by atoms with E-state index in [0.29, 0.717) is 11.8 Å². The van der Waals surface area contributed by atoms with E-state index >= 15 is 0 Å². The summed E-state index contributed by atoms with van der Waals surface area (Å²) in [5, 5.41) is 5.49. The Morgan fingerprint density at radius 1 is 0.944 bits per heavy atom. The van der Waals surface area contributed by atoms with Crippen LogP contribution in [0.4, 0.5) is 0 Å². The maximum atomic E-state index is 4.33. The van der Waals surface area contributed by atoms with Crippen molar-refractivity contribution in [1.82, 2.24) is 4.98 Å². The minimum absolute atomic E-state index is 0.579. The van der Waals surface area contributed by atoms with E-state index in [1.807, 2.05) is 18.3 Å². The van der Waals surface area contributed by atoms with Gasteiger partial charge >= 0.3 is 0 Å². The minimum atomic E-state index is 0.579. The van der Waals surface area contributed by atoms with Crippen LogP contribution in [0.15, 0.2) is 16.8 Å². The van der Waals surface area contributed by atoms with Gasteiger partial charge in [-0.25, -0.2) is 4.98 Å². The summed E-state index contributed by atoms with van der Waals surface area (Å²) in [5.41, 5.74) is 2.61. The number of thiophene rings is 1. The van der Waals surface area contributed by atoms with Crippen LogP contribution in [0.2, 0.25) is 0 Å². The van der Waals surface area contributed by atoms with Gasteiger partial charge in [0.15, 0.2) is 0 Å². The third kappa shape index (κ3) is 4.91. The summed E-state index contributed by atoms with van der Waals surface area (Å²) in [5.74, 6) is 1.28. The van der Waals surface area contributed by atoms with Crippen molar-refractivity contribution in [1.29, 1.82) is 0 Å². The lowest BCUT2D eigenvalue weighted by Crippen LogP contribution is -1.85. The van der Waals surface area contributed by atoms with Crippen molar-refractivity contribution in [3.05, 3.63) is 38.0 Å². The summed E-state index contributed by atoms with van der Waals surface area (Å²) in [6.07, 6.45) is 0. The SMILES string of the molecule is Cc1csc(C(C)C)c1.Cc1nc(C(C)C)cs1. The van der Waals surface area contributed by atoms with Gasteiger partial charge in [0.25, 0.3) is 0 Å². The standard InChI is InChI=1S/C8H12S.C7H11NS/c1-6(2)8-4-7(3)5-9-8;1-5(2)7-4-9-6(3)8-7/h4-6H,1-3H3;4-5H,1-3H3. The quantitative estimate of drug-likeness (QED) is 0.682. The molecule has 0 N–H and O–H groups in total. The van der Waals surface area contributed by atoms with Crippen molar-refractivity contribution in [2.75, 3.05) is 0 Å². The molecule has 0 saturated heterocycles. The molecule has 0 bridgehead atoms. The Balaban J connectivity index is 0.000000180. The second-order valence-corrected chi connectivity index (χ2v) is 7.13. The fourth-order valence-corrected chi connectivity index (χ4v) is 3.09. The van der Waals surface area contributed by atoms with E-state index in [4.69, 9.17) is 0 Å². The molecule has 2 aromatic rings. The second kappa shape index (κ2) is 7.05. The maximum absolute atomic E-state index is 4.33. The maximum Gasteiger partial charge on any atom is 0.0897 e. The van der Waals surface area contributed by atoms with Gasteiger partial charge < -0.3 is 0 Å². The van der Waals surface area contributed by atoms with Crippen LogP contribution in [0.1, 0.15) is 60.7 Å². The molecule has 0 aromatic carbocycles. The first kappa shape index (κ1) is 15.4. The predicted molar refractivity (Wildman–Crippen MR) is 84.1 cm³/mol. The van der Waals surface area contributed by atoms with Crippen LogP contribution >= 0.6 is 22.7 Å². The van der Waals surface area contributed by atoms with Gasteiger partial charge in [-0.3, -0.25) is 0 Å². The molecule has 100 valence electrons. The topological polar surface area (TPSA) is 12.9 Å². The smallest absolute Gasteiger partial charge is 0.0897 e. The monoisotopic (exact) mass is 281 g/mol. The number of hydrogen-bond donors (Lipinski definition) is 0. The molecule has 1 nitrogen and oxygen atoms in total. The lowest BCUT2D eigenvalue weighted by molar-refractivity contribution is 0.829. The van der Waals surface area contributed by atoms with Gasteiger partial charge in [-0.2, -0.15) is 0 Å². The molecule has 0 radical (unpaired) electrons. The van der Waals surface area contributed by atoms with Crippen molar-refractivity contribution in [2.45, 2.75) is 53.4 Å². The van der Waals surface area contributed by atoms with Gasteiger partial charge in [0.2, 0.25) is 0 Å². The number of hydrogen-bond acceptors (Lipinski definition) is 3. The van der Waals surface area contributed by atoms with Crippen LogP contribution < -0.4 is 0 Å². The van der Waals surface area contributed by atoms with Crippen LogP contribution in [-0.2, 0) is 0 Å². The summed E-state index contributed by atoms with van der Waals surface area (Å²) >= 11 is 3.58. The molecular weight excluding hydrogens is 258 g/mol. The van der Waals surface area contributed by atoms with Gasteiger partial charge in [-0.1, -0.05) is 27.7 Å². The number of aromatic nitrogens is 1. The third-order valence-corrected chi connectivity index (χ3v) is 4.69. The Morgan fingerprint density at radius 2 is 1.61 bits per heavy atom. The van der Waals surface area contributed by atoms with Gasteiger partial charge in [0.05, 0.1) is 10.7 Å². The molecule has 0 atom stereocenters. The van der Waals surface area contributed by atoms with Crippen LogP contribution in [0.3, 0.4) is 0 Å². The summed E-state index contributed by atoms with van der Waals surface area (Å²) in [6.45, 7) is 13.0. The number of rotatable bonds is 2. The van der Waals surface area contributed by atoms with Crippen LogP contribution in [-0.4, -0.2) is 4.98 Å². The lowest BCUT2D eigenvalue weighted by Gasteiger charge is -1.96. The minimum Gasteiger partial charge on any atom is -0.246 e. The number of nitrogens with zero attached hydrogens (tertiary/aromatic N) is 1. The van der Waals surface area contributed by atoms with E-state index in [2.05, 4.69) is 56.4 Å². The highest BCUT2D eigenvalue weighted by atomic mass is 32.1. The van der Waals surface area contributed by atoms with Crippen molar-refractivity contribution >= 4 is 22.7 Å². The van der Waals surface area contributed by atoms with E-state index in [1.54, 1.807) is 11.3 Å². The Kier molecular flexibility index (Phi) is 6.03. The molecule has 0 aliphatic carbocycles. The molecule has 0 spiro atoms. The Labute approximate surface area is 119 Å². The largest absolute Gasteiger partial charge is 0.246 e. The van der Waals surface area contributed by atoms with Gasteiger partial charge in [0.1, 0.15) is 0 Å². The molecular formula is C15H23NS2.